The molecule has 0 fully saturated rings. The first-order valence-electron chi connectivity index (χ1n) is 6.34. The van der Waals surface area contributed by atoms with Gasteiger partial charge in [-0.15, -0.1) is 0 Å². The number of nitrogens with zero attached hydrogens (tertiary/aromatic N) is 2. The van der Waals surface area contributed by atoms with Crippen LogP contribution in [-0.4, -0.2) is 27.7 Å². The molecule has 1 atom stereocenters. The van der Waals surface area contributed by atoms with E-state index in [2.05, 4.69) is 0 Å². The molecule has 7 nitrogen and oxygen atoms in total. The highest BCUT2D eigenvalue weighted by Crippen LogP contribution is 2.32. The van der Waals surface area contributed by atoms with Crippen LogP contribution in [0, 0.1) is 10.1 Å². The Balaban J connectivity index is 2.40. The predicted molar refractivity (Wildman–Crippen MR) is 70.9 cm³/mol. The van der Waals surface area contributed by atoms with Crippen molar-refractivity contribution in [1.29, 1.82) is 0 Å². The van der Waals surface area contributed by atoms with Crippen LogP contribution in [0.2, 0.25) is 0 Å². The van der Waals surface area contributed by atoms with E-state index >= 15 is 0 Å². The fraction of sp³-hybridized carbons (Fsp3) is 0.385. The van der Waals surface area contributed by atoms with E-state index in [4.69, 9.17) is 5.73 Å². The van der Waals surface area contributed by atoms with E-state index < -0.39 is 16.9 Å². The summed E-state index contributed by atoms with van der Waals surface area (Å²) in [6.07, 6.45) is 1.14. The largest absolute Gasteiger partial charge is 0.368 e. The van der Waals surface area contributed by atoms with Crippen molar-refractivity contribution >= 4 is 17.5 Å². The lowest BCUT2D eigenvalue weighted by Crippen LogP contribution is -2.44. The van der Waals surface area contributed by atoms with Crippen molar-refractivity contribution in [1.82, 2.24) is 4.90 Å². The molecule has 0 saturated carbocycles. The summed E-state index contributed by atoms with van der Waals surface area (Å²) < 4.78 is 0. The molecule has 1 aliphatic heterocycles. The maximum Gasteiger partial charge on any atom is 0.275 e. The molecule has 0 aliphatic carbocycles. The van der Waals surface area contributed by atoms with Crippen LogP contribution < -0.4 is 5.73 Å². The van der Waals surface area contributed by atoms with Gasteiger partial charge in [-0.2, -0.15) is 0 Å². The normalized spacial score (nSPS) is 15.1. The Morgan fingerprint density at radius 3 is 2.80 bits per heavy atom. The van der Waals surface area contributed by atoms with E-state index in [1.165, 1.54) is 23.1 Å². The molecule has 1 aromatic carbocycles. The van der Waals surface area contributed by atoms with E-state index in [1.807, 2.05) is 6.92 Å². The van der Waals surface area contributed by atoms with Gasteiger partial charge >= 0.3 is 0 Å². The molecule has 0 spiro atoms. The summed E-state index contributed by atoms with van der Waals surface area (Å²) in [7, 11) is 0. The SMILES string of the molecule is CCCC(C(N)=O)N1Cc2c(cccc2[N+](=O)[O-])C1=O. The lowest BCUT2D eigenvalue weighted by atomic mass is 10.1. The number of nitro benzene ring substituents is 1. The maximum atomic E-state index is 12.3. The number of benzene rings is 1. The van der Waals surface area contributed by atoms with Crippen molar-refractivity contribution in [3.63, 3.8) is 0 Å². The molecule has 106 valence electrons. The van der Waals surface area contributed by atoms with Crippen LogP contribution >= 0.6 is 0 Å². The number of rotatable bonds is 5. The fourth-order valence-corrected chi connectivity index (χ4v) is 2.49. The Labute approximate surface area is 115 Å². The quantitative estimate of drug-likeness (QED) is 0.644. The Morgan fingerprint density at radius 2 is 2.25 bits per heavy atom. The maximum absolute atomic E-state index is 12.3. The second kappa shape index (κ2) is 5.28. The molecular weight excluding hydrogens is 262 g/mol. The van der Waals surface area contributed by atoms with Crippen LogP contribution in [-0.2, 0) is 11.3 Å². The van der Waals surface area contributed by atoms with E-state index in [9.17, 15) is 19.7 Å². The first kappa shape index (κ1) is 14.0. The summed E-state index contributed by atoms with van der Waals surface area (Å²) in [6.45, 7) is 1.94. The zero-order chi connectivity index (χ0) is 14.9. The van der Waals surface area contributed by atoms with Gasteiger partial charge in [0.2, 0.25) is 5.91 Å². The number of primary amides is 1. The zero-order valence-corrected chi connectivity index (χ0v) is 11.0. The lowest BCUT2D eigenvalue weighted by molar-refractivity contribution is -0.385. The first-order valence-corrected chi connectivity index (χ1v) is 6.34. The van der Waals surface area contributed by atoms with Gasteiger partial charge < -0.3 is 10.6 Å². The van der Waals surface area contributed by atoms with Gasteiger partial charge in [0.15, 0.2) is 0 Å². The number of nitro groups is 1. The van der Waals surface area contributed by atoms with Crippen LogP contribution in [0.4, 0.5) is 5.69 Å². The number of carbonyl (C=O) groups excluding carboxylic acids is 2. The molecule has 20 heavy (non-hydrogen) atoms. The molecule has 0 radical (unpaired) electrons. The van der Waals surface area contributed by atoms with Gasteiger partial charge in [-0.25, -0.2) is 0 Å². The third-order valence-corrected chi connectivity index (χ3v) is 3.43. The van der Waals surface area contributed by atoms with Crippen LogP contribution in [0.1, 0.15) is 35.7 Å². The Kier molecular flexibility index (Phi) is 3.69. The summed E-state index contributed by atoms with van der Waals surface area (Å²) in [5.74, 6) is -0.961. The van der Waals surface area contributed by atoms with E-state index in [0.29, 0.717) is 18.4 Å². The van der Waals surface area contributed by atoms with Crippen molar-refractivity contribution in [2.75, 3.05) is 0 Å². The highest BCUT2D eigenvalue weighted by atomic mass is 16.6. The Hall–Kier alpha value is -2.44. The minimum Gasteiger partial charge on any atom is -0.368 e. The molecule has 7 heteroatoms. The van der Waals surface area contributed by atoms with Gasteiger partial charge in [0.1, 0.15) is 6.04 Å². The minimum atomic E-state index is -0.723. The van der Waals surface area contributed by atoms with Gasteiger partial charge in [0, 0.05) is 6.07 Å². The molecule has 1 unspecified atom stereocenters. The molecule has 1 heterocycles. The standard InChI is InChI=1S/C13H15N3O4/c1-2-4-11(12(14)17)15-7-9-8(13(15)18)5-3-6-10(9)16(19)20/h3,5-6,11H,2,4,7H2,1H3,(H2,14,17). The highest BCUT2D eigenvalue weighted by Gasteiger charge is 2.38. The molecule has 0 bridgehead atoms. The van der Waals surface area contributed by atoms with Crippen LogP contribution in [0.5, 0.6) is 0 Å². The van der Waals surface area contributed by atoms with Crippen LogP contribution in [0.15, 0.2) is 18.2 Å². The van der Waals surface area contributed by atoms with Crippen molar-refractivity contribution in [2.45, 2.75) is 32.4 Å². The van der Waals surface area contributed by atoms with E-state index in [0.717, 1.165) is 0 Å². The number of hydrogen-bond donors (Lipinski definition) is 1. The van der Waals surface area contributed by atoms with Gasteiger partial charge in [-0.1, -0.05) is 19.4 Å². The highest BCUT2D eigenvalue weighted by molar-refractivity contribution is 6.01. The third kappa shape index (κ3) is 2.22. The number of amides is 2. The van der Waals surface area contributed by atoms with Crippen molar-refractivity contribution in [2.24, 2.45) is 5.73 Å². The predicted octanol–water partition coefficient (Wildman–Crippen LogP) is 1.20. The fourth-order valence-electron chi connectivity index (χ4n) is 2.49. The summed E-state index contributed by atoms with van der Waals surface area (Å²) in [4.78, 5) is 35.6. The molecule has 1 aliphatic rings. The number of fused-ring (bicyclic) bond motifs is 1. The van der Waals surface area contributed by atoms with Crippen LogP contribution in [0.3, 0.4) is 0 Å². The van der Waals surface area contributed by atoms with Crippen LogP contribution in [0.25, 0.3) is 0 Å². The third-order valence-electron chi connectivity index (χ3n) is 3.43. The number of hydrogen-bond acceptors (Lipinski definition) is 4. The second-order valence-electron chi connectivity index (χ2n) is 4.70. The second-order valence-corrected chi connectivity index (χ2v) is 4.70. The van der Waals surface area contributed by atoms with Gasteiger partial charge in [-0.3, -0.25) is 19.7 Å². The number of carbonyl (C=O) groups is 2. The molecule has 1 aromatic rings. The van der Waals surface area contributed by atoms with Crippen molar-refractivity contribution in [3.05, 3.63) is 39.4 Å². The molecular formula is C13H15N3O4. The zero-order valence-electron chi connectivity index (χ0n) is 11.0. The van der Waals surface area contributed by atoms with E-state index in [1.54, 1.807) is 0 Å². The summed E-state index contributed by atoms with van der Waals surface area (Å²) >= 11 is 0. The minimum absolute atomic E-state index is 0.0545. The van der Waals surface area contributed by atoms with Crippen molar-refractivity contribution in [3.8, 4) is 0 Å². The summed E-state index contributed by atoms with van der Waals surface area (Å²) in [6, 6.07) is 3.64. The monoisotopic (exact) mass is 277 g/mol. The average Bonchev–Trinajstić information content (AvgIpc) is 2.73. The molecule has 2 N–H and O–H groups in total. The molecule has 2 amide bonds. The van der Waals surface area contributed by atoms with Crippen molar-refractivity contribution < 1.29 is 14.5 Å². The number of nitrogens with two attached hydrogens (primary N) is 1. The Morgan fingerprint density at radius 1 is 1.55 bits per heavy atom. The smallest absolute Gasteiger partial charge is 0.275 e. The topological polar surface area (TPSA) is 107 Å². The van der Waals surface area contributed by atoms with Gasteiger partial charge in [0.05, 0.1) is 22.6 Å². The van der Waals surface area contributed by atoms with E-state index in [-0.39, 0.29) is 23.7 Å². The average molecular weight is 277 g/mol. The molecule has 2 rings (SSSR count). The Bertz CT molecular complexity index is 585. The lowest BCUT2D eigenvalue weighted by Gasteiger charge is -2.24. The van der Waals surface area contributed by atoms with Gasteiger partial charge in [0.25, 0.3) is 11.6 Å². The first-order chi connectivity index (χ1) is 9.47. The summed E-state index contributed by atoms with van der Waals surface area (Å²) in [5, 5.41) is 11.0. The summed E-state index contributed by atoms with van der Waals surface area (Å²) in [5.41, 5.74) is 5.86. The molecule has 0 aromatic heterocycles. The van der Waals surface area contributed by atoms with Gasteiger partial charge in [-0.05, 0) is 12.5 Å². The molecule has 0 saturated heterocycles.